The quantitative estimate of drug-likeness (QED) is 0.594. The molecule has 0 aliphatic carbocycles. The van der Waals surface area contributed by atoms with Crippen molar-refractivity contribution in [3.05, 3.63) is 0 Å². The fourth-order valence-corrected chi connectivity index (χ4v) is 2.56. The van der Waals surface area contributed by atoms with E-state index in [2.05, 4.69) is 23.7 Å². The van der Waals surface area contributed by atoms with Crippen LogP contribution in [0.3, 0.4) is 0 Å². The maximum Gasteiger partial charge on any atom is 0.0918 e. The topological polar surface area (TPSA) is 15.4 Å². The second kappa shape index (κ2) is 4.01. The van der Waals surface area contributed by atoms with Gasteiger partial charge < -0.3 is 0 Å². The molecule has 0 bridgehead atoms. The van der Waals surface area contributed by atoms with Gasteiger partial charge in [0.05, 0.1) is 12.2 Å². The van der Waals surface area contributed by atoms with E-state index in [4.69, 9.17) is 0 Å². The Bertz CT molecular complexity index is 234. The minimum absolute atomic E-state index is 0.463. The van der Waals surface area contributed by atoms with Crippen LogP contribution in [0.15, 0.2) is 4.99 Å². The molecule has 0 radical (unpaired) electrons. The number of fused-ring (bicyclic) bond motifs is 1. The number of aliphatic imine (C=N–C) groups is 1. The molecule has 2 atom stereocenters. The summed E-state index contributed by atoms with van der Waals surface area (Å²) < 4.78 is 0. The molecule has 2 aliphatic heterocycles. The van der Waals surface area contributed by atoms with Gasteiger partial charge >= 0.3 is 0 Å². The Hall–Kier alpha value is -0.370. The Balaban J connectivity index is 1.89. The van der Waals surface area contributed by atoms with Crippen LogP contribution >= 0.6 is 0 Å². The molecule has 2 nitrogen and oxygen atoms in total. The lowest BCUT2D eigenvalue weighted by Crippen LogP contribution is -2.25. The van der Waals surface area contributed by atoms with Gasteiger partial charge in [-0.2, -0.15) is 0 Å². The number of nitrogens with zero attached hydrogens (tertiary/aromatic N) is 2. The van der Waals surface area contributed by atoms with E-state index in [0.717, 1.165) is 6.67 Å². The Kier molecular flexibility index (Phi) is 2.91. The molecule has 2 aliphatic rings. The average Bonchev–Trinajstić information content (AvgIpc) is 2.82. The second-order valence-corrected chi connectivity index (χ2v) is 4.68. The lowest BCUT2D eigenvalue weighted by atomic mass is 9.93. The summed E-state index contributed by atoms with van der Waals surface area (Å²) in [6.45, 7) is 6.83. The molecule has 1 saturated heterocycles. The van der Waals surface area contributed by atoms with Crippen LogP contribution in [-0.4, -0.2) is 29.4 Å². The molecule has 0 aromatic carbocycles. The van der Waals surface area contributed by atoms with Crippen molar-refractivity contribution in [1.82, 2.24) is 4.90 Å². The summed E-state index contributed by atoms with van der Waals surface area (Å²) in [6, 6.07) is 0. The molecule has 80 valence electrons. The van der Waals surface area contributed by atoms with E-state index in [1.54, 1.807) is 0 Å². The molecule has 0 amide bonds. The molecule has 0 aromatic heterocycles. The van der Waals surface area contributed by atoms with Crippen molar-refractivity contribution in [3.63, 3.8) is 0 Å². The summed E-state index contributed by atoms with van der Waals surface area (Å²) in [5.41, 5.74) is 1.98. The van der Waals surface area contributed by atoms with Crippen molar-refractivity contribution < 1.29 is 0 Å². The third-order valence-corrected chi connectivity index (χ3v) is 3.63. The Morgan fingerprint density at radius 3 is 2.71 bits per heavy atom. The van der Waals surface area contributed by atoms with Crippen LogP contribution in [0.25, 0.3) is 0 Å². The van der Waals surface area contributed by atoms with Gasteiger partial charge in [0, 0.05) is 12.3 Å². The highest BCUT2D eigenvalue weighted by Crippen LogP contribution is 2.43. The number of rotatable bonds is 6. The fourth-order valence-electron chi connectivity index (χ4n) is 2.56. The summed E-state index contributed by atoms with van der Waals surface area (Å²) in [5, 5.41) is 0. The standard InChI is InChI=1S/C12H22N2/c1-3-5-7-11-12(8-6-4-2)9-14(12)10-13-11/h3-10H2,1-2H3. The maximum atomic E-state index is 4.67. The minimum Gasteiger partial charge on any atom is -0.276 e. The highest BCUT2D eigenvalue weighted by molar-refractivity contribution is 5.98. The summed E-state index contributed by atoms with van der Waals surface area (Å²) >= 11 is 0. The van der Waals surface area contributed by atoms with Gasteiger partial charge in [-0.05, 0) is 19.3 Å². The van der Waals surface area contributed by atoms with Crippen LogP contribution in [0.4, 0.5) is 0 Å². The summed E-state index contributed by atoms with van der Waals surface area (Å²) in [5.74, 6) is 0. The SMILES string of the molecule is CCCCC1=NCN2CC12CCCC. The highest BCUT2D eigenvalue weighted by atomic mass is 15.4. The van der Waals surface area contributed by atoms with Gasteiger partial charge in [0.25, 0.3) is 0 Å². The minimum atomic E-state index is 0.463. The van der Waals surface area contributed by atoms with Gasteiger partial charge in [-0.3, -0.25) is 9.89 Å². The van der Waals surface area contributed by atoms with Gasteiger partial charge in [0.15, 0.2) is 0 Å². The molecule has 0 N–H and O–H groups in total. The van der Waals surface area contributed by atoms with Crippen molar-refractivity contribution >= 4 is 5.71 Å². The predicted molar refractivity (Wildman–Crippen MR) is 60.8 cm³/mol. The van der Waals surface area contributed by atoms with Gasteiger partial charge in [-0.1, -0.05) is 33.1 Å². The van der Waals surface area contributed by atoms with Crippen LogP contribution in [0.2, 0.25) is 0 Å². The van der Waals surface area contributed by atoms with Gasteiger partial charge in [-0.25, -0.2) is 0 Å². The van der Waals surface area contributed by atoms with Gasteiger partial charge in [-0.15, -0.1) is 0 Å². The molecule has 0 aromatic rings. The molecular formula is C12H22N2. The molecule has 0 spiro atoms. The first-order valence-corrected chi connectivity index (χ1v) is 6.12. The van der Waals surface area contributed by atoms with Crippen LogP contribution < -0.4 is 0 Å². The molecule has 2 heteroatoms. The van der Waals surface area contributed by atoms with E-state index in [9.17, 15) is 0 Å². The second-order valence-electron chi connectivity index (χ2n) is 4.68. The number of hydrogen-bond acceptors (Lipinski definition) is 2. The van der Waals surface area contributed by atoms with Crippen LogP contribution in [0.5, 0.6) is 0 Å². The zero-order valence-corrected chi connectivity index (χ0v) is 9.55. The monoisotopic (exact) mass is 194 g/mol. The predicted octanol–water partition coefficient (Wildman–Crippen LogP) is 2.83. The van der Waals surface area contributed by atoms with Crippen LogP contribution in [-0.2, 0) is 0 Å². The third-order valence-electron chi connectivity index (χ3n) is 3.63. The lowest BCUT2D eigenvalue weighted by molar-refractivity contribution is 0.482. The van der Waals surface area contributed by atoms with Crippen molar-refractivity contribution in [2.75, 3.05) is 13.2 Å². The third kappa shape index (κ3) is 1.60. The molecule has 2 heterocycles. The highest BCUT2D eigenvalue weighted by Gasteiger charge is 2.57. The maximum absolute atomic E-state index is 4.67. The van der Waals surface area contributed by atoms with E-state index in [0.29, 0.717) is 5.54 Å². The Labute approximate surface area is 87.4 Å². The Morgan fingerprint density at radius 2 is 2.07 bits per heavy atom. The van der Waals surface area contributed by atoms with E-state index in [1.165, 1.54) is 50.8 Å². The summed E-state index contributed by atoms with van der Waals surface area (Å²) in [7, 11) is 0. The van der Waals surface area contributed by atoms with Gasteiger partial charge in [0.2, 0.25) is 0 Å². The van der Waals surface area contributed by atoms with Gasteiger partial charge in [0.1, 0.15) is 0 Å². The first kappa shape index (κ1) is 10.2. The lowest BCUT2D eigenvalue weighted by Gasteiger charge is -2.13. The van der Waals surface area contributed by atoms with Crippen molar-refractivity contribution in [2.24, 2.45) is 4.99 Å². The zero-order valence-electron chi connectivity index (χ0n) is 9.55. The first-order valence-electron chi connectivity index (χ1n) is 6.12. The first-order chi connectivity index (χ1) is 6.83. The van der Waals surface area contributed by atoms with E-state index in [-0.39, 0.29) is 0 Å². The number of unbranched alkanes of at least 4 members (excludes halogenated alkanes) is 2. The largest absolute Gasteiger partial charge is 0.276 e. The molecule has 2 rings (SSSR count). The summed E-state index contributed by atoms with van der Waals surface area (Å²) in [4.78, 5) is 7.21. The smallest absolute Gasteiger partial charge is 0.0918 e. The normalized spacial score (nSPS) is 34.1. The molecule has 1 fully saturated rings. The van der Waals surface area contributed by atoms with Crippen molar-refractivity contribution in [1.29, 1.82) is 0 Å². The number of hydrogen-bond donors (Lipinski definition) is 0. The summed E-state index contributed by atoms with van der Waals surface area (Å²) in [6.07, 6.45) is 7.89. The van der Waals surface area contributed by atoms with Crippen LogP contribution in [0.1, 0.15) is 52.4 Å². The van der Waals surface area contributed by atoms with Crippen molar-refractivity contribution in [2.45, 2.75) is 57.9 Å². The van der Waals surface area contributed by atoms with Crippen LogP contribution in [0, 0.1) is 0 Å². The molecule has 14 heavy (non-hydrogen) atoms. The fraction of sp³-hybridized carbons (Fsp3) is 0.917. The van der Waals surface area contributed by atoms with Crippen molar-refractivity contribution in [3.8, 4) is 0 Å². The molecular weight excluding hydrogens is 172 g/mol. The van der Waals surface area contributed by atoms with E-state index in [1.807, 2.05) is 0 Å². The van der Waals surface area contributed by atoms with E-state index < -0.39 is 0 Å². The molecule has 2 unspecified atom stereocenters. The zero-order chi connectivity index (χ0) is 10.0. The average molecular weight is 194 g/mol. The van der Waals surface area contributed by atoms with E-state index >= 15 is 0 Å². The Morgan fingerprint density at radius 1 is 1.29 bits per heavy atom. The molecule has 0 saturated carbocycles.